The third-order valence-corrected chi connectivity index (χ3v) is 4.41. The molecule has 3 aromatic carbocycles. The van der Waals surface area contributed by atoms with Gasteiger partial charge in [0.2, 0.25) is 0 Å². The van der Waals surface area contributed by atoms with E-state index in [0.717, 1.165) is 0 Å². The Bertz CT molecular complexity index is 1050. The second-order valence-corrected chi connectivity index (χ2v) is 6.23. The van der Waals surface area contributed by atoms with E-state index in [0.29, 0.717) is 39.8 Å². The number of anilines is 2. The first-order valence-corrected chi connectivity index (χ1v) is 9.14. The molecule has 0 bridgehead atoms. The molecule has 0 saturated heterocycles. The van der Waals surface area contributed by atoms with Crippen LogP contribution >= 0.6 is 0 Å². The van der Waals surface area contributed by atoms with Gasteiger partial charge in [-0.2, -0.15) is 0 Å². The van der Waals surface area contributed by atoms with Crippen LogP contribution in [0.1, 0.15) is 20.7 Å². The van der Waals surface area contributed by atoms with Gasteiger partial charge in [-0.15, -0.1) is 0 Å². The zero-order valence-corrected chi connectivity index (χ0v) is 16.9. The van der Waals surface area contributed by atoms with Crippen molar-refractivity contribution in [2.45, 2.75) is 0 Å². The number of amides is 2. The summed E-state index contributed by atoms with van der Waals surface area (Å²) in [4.78, 5) is 25.3. The van der Waals surface area contributed by atoms with Crippen LogP contribution in [0.5, 0.6) is 17.2 Å². The Balaban J connectivity index is 1.89. The number of hydrogen-bond acceptors (Lipinski definition) is 5. The first-order chi connectivity index (χ1) is 14.6. The van der Waals surface area contributed by atoms with Gasteiger partial charge in [-0.25, -0.2) is 0 Å². The van der Waals surface area contributed by atoms with Crippen molar-refractivity contribution in [3.63, 3.8) is 0 Å². The summed E-state index contributed by atoms with van der Waals surface area (Å²) in [5, 5.41) is 5.61. The summed E-state index contributed by atoms with van der Waals surface area (Å²) < 4.78 is 16.1. The van der Waals surface area contributed by atoms with E-state index in [1.807, 2.05) is 6.07 Å². The number of hydrogen-bond donors (Lipinski definition) is 2. The van der Waals surface area contributed by atoms with E-state index >= 15 is 0 Å². The highest BCUT2D eigenvalue weighted by atomic mass is 16.5. The lowest BCUT2D eigenvalue weighted by molar-refractivity contribution is 0.101. The minimum absolute atomic E-state index is 0.290. The molecule has 0 aliphatic heterocycles. The van der Waals surface area contributed by atoms with Crippen LogP contribution in [0.2, 0.25) is 0 Å². The summed E-state index contributed by atoms with van der Waals surface area (Å²) in [6.45, 7) is 0. The Morgan fingerprint density at radius 1 is 0.633 bits per heavy atom. The number of carbonyl (C=O) groups is 2. The highest BCUT2D eigenvalue weighted by Crippen LogP contribution is 2.37. The topological polar surface area (TPSA) is 85.9 Å². The molecule has 0 spiro atoms. The first kappa shape index (κ1) is 20.7. The summed E-state index contributed by atoms with van der Waals surface area (Å²) in [6, 6.07) is 18.9. The van der Waals surface area contributed by atoms with Crippen molar-refractivity contribution in [1.29, 1.82) is 0 Å². The van der Waals surface area contributed by atoms with E-state index < -0.39 is 0 Å². The second kappa shape index (κ2) is 9.47. The first-order valence-electron chi connectivity index (χ1n) is 9.14. The van der Waals surface area contributed by atoms with Crippen LogP contribution in [-0.2, 0) is 0 Å². The standard InChI is InChI=1S/C23H22N2O5/c1-28-19-12-8-7-11-16(19)23(27)25-18-14-20(29-2)17(13-21(18)30-3)24-22(26)15-9-5-4-6-10-15/h4-14H,1-3H3,(H,24,26)(H,25,27). The fourth-order valence-corrected chi connectivity index (χ4v) is 2.90. The van der Waals surface area contributed by atoms with Crippen LogP contribution in [0.3, 0.4) is 0 Å². The van der Waals surface area contributed by atoms with E-state index in [1.165, 1.54) is 21.3 Å². The molecule has 154 valence electrons. The molecular weight excluding hydrogens is 384 g/mol. The average Bonchev–Trinajstić information content (AvgIpc) is 2.80. The van der Waals surface area contributed by atoms with Crippen molar-refractivity contribution < 1.29 is 23.8 Å². The Morgan fingerprint density at radius 2 is 1.13 bits per heavy atom. The quantitative estimate of drug-likeness (QED) is 0.614. The van der Waals surface area contributed by atoms with Gasteiger partial charge in [0, 0.05) is 17.7 Å². The Morgan fingerprint density at radius 3 is 1.70 bits per heavy atom. The van der Waals surface area contributed by atoms with Crippen molar-refractivity contribution in [1.82, 2.24) is 0 Å². The zero-order chi connectivity index (χ0) is 21.5. The summed E-state index contributed by atoms with van der Waals surface area (Å²) in [6.07, 6.45) is 0. The van der Waals surface area contributed by atoms with Crippen LogP contribution in [-0.4, -0.2) is 33.1 Å². The number of rotatable bonds is 7. The van der Waals surface area contributed by atoms with Gasteiger partial charge >= 0.3 is 0 Å². The van der Waals surface area contributed by atoms with Gasteiger partial charge < -0.3 is 24.8 Å². The predicted octanol–water partition coefficient (Wildman–Crippen LogP) is 4.22. The number of para-hydroxylation sites is 1. The van der Waals surface area contributed by atoms with Crippen molar-refractivity contribution in [2.24, 2.45) is 0 Å². The van der Waals surface area contributed by atoms with E-state index in [2.05, 4.69) is 10.6 Å². The van der Waals surface area contributed by atoms with Gasteiger partial charge in [-0.05, 0) is 24.3 Å². The lowest BCUT2D eigenvalue weighted by atomic mass is 10.1. The molecule has 3 rings (SSSR count). The van der Waals surface area contributed by atoms with Gasteiger partial charge in [0.25, 0.3) is 11.8 Å². The van der Waals surface area contributed by atoms with Gasteiger partial charge in [-0.3, -0.25) is 9.59 Å². The molecule has 2 amide bonds. The van der Waals surface area contributed by atoms with Crippen LogP contribution < -0.4 is 24.8 Å². The molecule has 0 heterocycles. The molecule has 0 atom stereocenters. The fourth-order valence-electron chi connectivity index (χ4n) is 2.90. The molecular formula is C23H22N2O5. The SMILES string of the molecule is COc1cc(NC(=O)c2ccccc2OC)c(OC)cc1NC(=O)c1ccccc1. The lowest BCUT2D eigenvalue weighted by Crippen LogP contribution is -2.15. The molecule has 0 fully saturated rings. The highest BCUT2D eigenvalue weighted by molar-refractivity contribution is 6.08. The summed E-state index contributed by atoms with van der Waals surface area (Å²) in [5.41, 5.74) is 1.69. The summed E-state index contributed by atoms with van der Waals surface area (Å²) >= 11 is 0. The van der Waals surface area contributed by atoms with Crippen LogP contribution in [0.4, 0.5) is 11.4 Å². The number of methoxy groups -OCH3 is 3. The smallest absolute Gasteiger partial charge is 0.259 e. The van der Waals surface area contributed by atoms with Crippen molar-refractivity contribution in [3.05, 3.63) is 77.9 Å². The largest absolute Gasteiger partial charge is 0.496 e. The molecule has 7 heteroatoms. The molecule has 0 aromatic heterocycles. The number of benzene rings is 3. The van der Waals surface area contributed by atoms with E-state index in [1.54, 1.807) is 60.7 Å². The van der Waals surface area contributed by atoms with E-state index in [9.17, 15) is 9.59 Å². The maximum absolute atomic E-state index is 12.8. The normalized spacial score (nSPS) is 10.1. The van der Waals surface area contributed by atoms with Gasteiger partial charge in [0.15, 0.2) is 0 Å². The van der Waals surface area contributed by atoms with Crippen molar-refractivity contribution >= 4 is 23.2 Å². The molecule has 0 unspecified atom stereocenters. The minimum atomic E-state index is -0.367. The molecule has 3 aromatic rings. The van der Waals surface area contributed by atoms with Crippen LogP contribution in [0.15, 0.2) is 66.7 Å². The Kier molecular flexibility index (Phi) is 6.54. The number of nitrogens with one attached hydrogen (secondary N) is 2. The number of ether oxygens (including phenoxy) is 3. The van der Waals surface area contributed by atoms with E-state index in [4.69, 9.17) is 14.2 Å². The highest BCUT2D eigenvalue weighted by Gasteiger charge is 2.18. The van der Waals surface area contributed by atoms with Crippen molar-refractivity contribution in [3.8, 4) is 17.2 Å². The second-order valence-electron chi connectivity index (χ2n) is 6.23. The summed E-state index contributed by atoms with van der Waals surface area (Å²) in [7, 11) is 4.45. The zero-order valence-electron chi connectivity index (χ0n) is 16.9. The molecule has 2 N–H and O–H groups in total. The minimum Gasteiger partial charge on any atom is -0.496 e. The maximum atomic E-state index is 12.8. The molecule has 0 aliphatic carbocycles. The molecule has 0 radical (unpaired) electrons. The third-order valence-electron chi connectivity index (χ3n) is 4.41. The fraction of sp³-hybridized carbons (Fsp3) is 0.130. The summed E-state index contributed by atoms with van der Waals surface area (Å²) in [5.74, 6) is 0.529. The van der Waals surface area contributed by atoms with Crippen molar-refractivity contribution in [2.75, 3.05) is 32.0 Å². The number of carbonyl (C=O) groups excluding carboxylic acids is 2. The molecule has 30 heavy (non-hydrogen) atoms. The predicted molar refractivity (Wildman–Crippen MR) is 115 cm³/mol. The van der Waals surface area contributed by atoms with E-state index in [-0.39, 0.29) is 11.8 Å². The van der Waals surface area contributed by atoms with Gasteiger partial charge in [0.1, 0.15) is 17.2 Å². The molecule has 0 saturated carbocycles. The molecule has 0 aliphatic rings. The van der Waals surface area contributed by atoms with Crippen LogP contribution in [0, 0.1) is 0 Å². The Hall–Kier alpha value is -4.00. The average molecular weight is 406 g/mol. The molecule has 7 nitrogen and oxygen atoms in total. The van der Waals surface area contributed by atoms with Gasteiger partial charge in [-0.1, -0.05) is 30.3 Å². The monoisotopic (exact) mass is 406 g/mol. The lowest BCUT2D eigenvalue weighted by Gasteiger charge is -2.17. The Labute approximate surface area is 174 Å². The van der Waals surface area contributed by atoms with Gasteiger partial charge in [0.05, 0.1) is 38.3 Å². The maximum Gasteiger partial charge on any atom is 0.259 e. The third kappa shape index (κ3) is 4.52. The van der Waals surface area contributed by atoms with Crippen LogP contribution in [0.25, 0.3) is 0 Å².